The number of ether oxygens (including phenoxy) is 1. The average Bonchev–Trinajstić information content (AvgIpc) is 3.09. The molecule has 0 unspecified atom stereocenters. The first kappa shape index (κ1) is 17.6. The predicted molar refractivity (Wildman–Crippen MR) is 94.2 cm³/mol. The van der Waals surface area contributed by atoms with Gasteiger partial charge in [0.25, 0.3) is 0 Å². The molecule has 1 amide bonds. The van der Waals surface area contributed by atoms with Gasteiger partial charge in [0.2, 0.25) is 17.5 Å². The number of rotatable bonds is 5. The highest BCUT2D eigenvalue weighted by Gasteiger charge is 2.34. The Hall–Kier alpha value is -3.20. The summed E-state index contributed by atoms with van der Waals surface area (Å²) in [6.07, 6.45) is 1.12. The molecule has 0 saturated carbocycles. The van der Waals surface area contributed by atoms with Gasteiger partial charge in [-0.05, 0) is 12.1 Å². The van der Waals surface area contributed by atoms with Crippen molar-refractivity contribution in [3.63, 3.8) is 0 Å². The summed E-state index contributed by atoms with van der Waals surface area (Å²) in [4.78, 5) is 48.5. The van der Waals surface area contributed by atoms with Crippen LogP contribution in [0.4, 0.5) is 5.69 Å². The maximum atomic E-state index is 12.6. The molecule has 2 N–H and O–H groups in total. The van der Waals surface area contributed by atoms with Crippen molar-refractivity contribution in [1.82, 2.24) is 10.2 Å². The number of amides is 1. The van der Waals surface area contributed by atoms with Crippen molar-refractivity contribution < 1.29 is 23.9 Å². The largest absolute Gasteiger partial charge is 0.464 e. The number of allylic oxidation sites excluding steroid dienone is 2. The number of Topliss-reactive ketones (excluding diaryl/α,β-unsaturated/α-hetero) is 1. The summed E-state index contributed by atoms with van der Waals surface area (Å²) in [7, 11) is 1.16. The predicted octanol–water partition coefficient (Wildman–Crippen LogP) is 1.83. The van der Waals surface area contributed by atoms with Crippen LogP contribution in [0.25, 0.3) is 0 Å². The number of aromatic nitrogens is 2. The van der Waals surface area contributed by atoms with Crippen LogP contribution < -0.4 is 5.32 Å². The molecule has 1 heterocycles. The molecule has 132 valence electrons. The van der Waals surface area contributed by atoms with Crippen LogP contribution >= 0.6 is 11.8 Å². The summed E-state index contributed by atoms with van der Waals surface area (Å²) in [5.74, 6) is -2.26. The van der Waals surface area contributed by atoms with E-state index in [0.717, 1.165) is 24.9 Å². The molecular weight excluding hydrogens is 358 g/mol. The molecule has 0 aliphatic heterocycles. The molecule has 0 fully saturated rings. The molecule has 3 rings (SSSR count). The Bertz CT molecular complexity index is 933. The number of methoxy groups -OCH3 is 1. The van der Waals surface area contributed by atoms with E-state index < -0.39 is 17.5 Å². The smallest absolute Gasteiger partial charge is 0.356 e. The van der Waals surface area contributed by atoms with Crippen LogP contribution in [-0.2, 0) is 9.53 Å². The van der Waals surface area contributed by atoms with Gasteiger partial charge in [-0.3, -0.25) is 19.5 Å². The van der Waals surface area contributed by atoms with Gasteiger partial charge >= 0.3 is 5.97 Å². The van der Waals surface area contributed by atoms with Gasteiger partial charge in [0.05, 0.1) is 23.3 Å². The van der Waals surface area contributed by atoms with Gasteiger partial charge in [-0.2, -0.15) is 5.10 Å². The molecular formula is C17H13N3O5S. The number of hydrogen-bond donors (Lipinski definition) is 2. The third-order valence-electron chi connectivity index (χ3n) is 3.52. The number of anilines is 1. The van der Waals surface area contributed by atoms with Crippen molar-refractivity contribution in [2.24, 2.45) is 0 Å². The molecule has 9 heteroatoms. The number of fused-ring (bicyclic) bond motifs is 1. The number of para-hydroxylation sites is 1. The van der Waals surface area contributed by atoms with Crippen LogP contribution in [0.5, 0.6) is 0 Å². The fourth-order valence-corrected chi connectivity index (χ4v) is 3.12. The van der Waals surface area contributed by atoms with Gasteiger partial charge in [-0.1, -0.05) is 18.2 Å². The summed E-state index contributed by atoms with van der Waals surface area (Å²) in [6.45, 7) is 0. The number of carbonyl (C=O) groups is 4. The summed E-state index contributed by atoms with van der Waals surface area (Å²) < 4.78 is 4.58. The van der Waals surface area contributed by atoms with Crippen LogP contribution in [-0.4, -0.2) is 46.5 Å². The quantitative estimate of drug-likeness (QED) is 0.770. The van der Waals surface area contributed by atoms with Gasteiger partial charge in [-0.25, -0.2) is 4.79 Å². The van der Waals surface area contributed by atoms with Crippen LogP contribution in [0.3, 0.4) is 0 Å². The van der Waals surface area contributed by atoms with E-state index >= 15 is 0 Å². The number of benzene rings is 1. The van der Waals surface area contributed by atoms with E-state index in [1.54, 1.807) is 24.3 Å². The normalized spacial score (nSPS) is 13.0. The lowest BCUT2D eigenvalue weighted by atomic mass is 9.99. The highest BCUT2D eigenvalue weighted by Crippen LogP contribution is 2.29. The lowest BCUT2D eigenvalue weighted by Crippen LogP contribution is -2.20. The van der Waals surface area contributed by atoms with Gasteiger partial charge in [0, 0.05) is 11.8 Å². The molecule has 26 heavy (non-hydrogen) atoms. The number of hydrogen-bond acceptors (Lipinski definition) is 7. The van der Waals surface area contributed by atoms with E-state index in [1.807, 2.05) is 6.07 Å². The van der Waals surface area contributed by atoms with E-state index in [0.29, 0.717) is 5.69 Å². The minimum atomic E-state index is -0.798. The van der Waals surface area contributed by atoms with Crippen molar-refractivity contribution in [2.75, 3.05) is 18.2 Å². The zero-order valence-electron chi connectivity index (χ0n) is 13.6. The Morgan fingerprint density at radius 3 is 2.65 bits per heavy atom. The Morgan fingerprint density at radius 1 is 1.23 bits per heavy atom. The molecule has 1 aliphatic carbocycles. The average molecular weight is 371 g/mol. The van der Waals surface area contributed by atoms with Crippen molar-refractivity contribution in [3.8, 4) is 0 Å². The van der Waals surface area contributed by atoms with Crippen molar-refractivity contribution >= 4 is 40.9 Å². The first-order chi connectivity index (χ1) is 12.5. The lowest BCUT2D eigenvalue weighted by molar-refractivity contribution is -0.113. The molecule has 0 saturated heterocycles. The van der Waals surface area contributed by atoms with E-state index in [9.17, 15) is 19.2 Å². The molecule has 0 radical (unpaired) electrons. The highest BCUT2D eigenvalue weighted by molar-refractivity contribution is 8.04. The topological polar surface area (TPSA) is 118 Å². The van der Waals surface area contributed by atoms with E-state index in [1.165, 1.54) is 0 Å². The van der Waals surface area contributed by atoms with E-state index in [-0.39, 0.29) is 33.5 Å². The van der Waals surface area contributed by atoms with Gasteiger partial charge < -0.3 is 10.1 Å². The van der Waals surface area contributed by atoms with E-state index in [2.05, 4.69) is 20.3 Å². The molecule has 8 nitrogen and oxygen atoms in total. The summed E-state index contributed by atoms with van der Waals surface area (Å²) >= 11 is 0.916. The third kappa shape index (κ3) is 3.42. The highest BCUT2D eigenvalue weighted by atomic mass is 32.2. The number of carbonyl (C=O) groups excluding carboxylic acids is 4. The zero-order chi connectivity index (χ0) is 18.7. The summed E-state index contributed by atoms with van der Waals surface area (Å²) in [6, 6.07) is 8.85. The minimum Gasteiger partial charge on any atom is -0.464 e. The van der Waals surface area contributed by atoms with Gasteiger partial charge in [-0.15, -0.1) is 11.8 Å². The number of ketones is 2. The Labute approximate surface area is 152 Å². The molecule has 2 aromatic rings. The van der Waals surface area contributed by atoms with Crippen LogP contribution in [0.15, 0.2) is 41.3 Å². The van der Waals surface area contributed by atoms with Crippen LogP contribution in [0, 0.1) is 0 Å². The second kappa shape index (κ2) is 7.36. The van der Waals surface area contributed by atoms with Crippen LogP contribution in [0.1, 0.15) is 31.3 Å². The Morgan fingerprint density at radius 2 is 1.96 bits per heavy atom. The van der Waals surface area contributed by atoms with Crippen LogP contribution in [0.2, 0.25) is 0 Å². The number of aromatic amines is 1. The molecule has 0 bridgehead atoms. The Balaban J connectivity index is 1.72. The first-order valence-corrected chi connectivity index (χ1v) is 8.45. The zero-order valence-corrected chi connectivity index (χ0v) is 14.4. The van der Waals surface area contributed by atoms with Gasteiger partial charge in [0.15, 0.2) is 5.69 Å². The third-order valence-corrected chi connectivity index (χ3v) is 4.54. The fourth-order valence-electron chi connectivity index (χ4n) is 2.34. The number of nitrogens with one attached hydrogen (secondary N) is 2. The number of nitrogens with zero attached hydrogens (tertiary/aromatic N) is 1. The second-order valence-electron chi connectivity index (χ2n) is 5.22. The number of thioether (sulfide) groups is 1. The molecule has 0 atom stereocenters. The monoisotopic (exact) mass is 371 g/mol. The van der Waals surface area contributed by atoms with Crippen molar-refractivity contribution in [1.29, 1.82) is 0 Å². The molecule has 1 aromatic carbocycles. The van der Waals surface area contributed by atoms with E-state index in [4.69, 9.17) is 0 Å². The van der Waals surface area contributed by atoms with Gasteiger partial charge in [0.1, 0.15) is 5.69 Å². The summed E-state index contributed by atoms with van der Waals surface area (Å²) in [5.41, 5.74) is 0.188. The maximum Gasteiger partial charge on any atom is 0.356 e. The van der Waals surface area contributed by atoms with Crippen molar-refractivity contribution in [2.45, 2.75) is 0 Å². The fraction of sp³-hybridized carbons (Fsp3) is 0.118. The standard InChI is InChI=1S/C17H13N3O5S/c1-25-17(24)15-13-14(19-20-15)10(21)7-11(16(13)23)26-8-12(22)18-9-5-3-2-4-6-9/h2-7H,8H2,1H3,(H,18,22)(H,19,20). The second-order valence-corrected chi connectivity index (χ2v) is 6.24. The number of H-pyrrole nitrogens is 1. The first-order valence-electron chi connectivity index (χ1n) is 7.46. The summed E-state index contributed by atoms with van der Waals surface area (Å²) in [5, 5.41) is 8.76. The molecule has 1 aromatic heterocycles. The molecule has 0 spiro atoms. The molecule has 1 aliphatic rings. The SMILES string of the molecule is COC(=O)c1[nH]nc2c1C(=O)C(SCC(=O)Nc1ccccc1)=CC2=O. The Kier molecular flexibility index (Phi) is 4.99. The minimum absolute atomic E-state index is 0.0669. The number of esters is 1. The van der Waals surface area contributed by atoms with Crippen molar-refractivity contribution in [3.05, 3.63) is 58.3 Å². The lowest BCUT2D eigenvalue weighted by Gasteiger charge is -2.11. The maximum absolute atomic E-state index is 12.6.